The Kier molecular flexibility index (Phi) is 12.3. The lowest BCUT2D eigenvalue weighted by atomic mass is 10.0. The minimum Gasteiger partial charge on any atom is -0.0888 e. The molecule has 0 bridgehead atoms. The molecule has 0 aliphatic carbocycles. The van der Waals surface area contributed by atoms with Crippen molar-refractivity contribution in [1.29, 1.82) is 0 Å². The molecular formula is C20H34. The van der Waals surface area contributed by atoms with Crippen LogP contribution in [-0.2, 0) is 0 Å². The van der Waals surface area contributed by atoms with Crippen LogP contribution in [0.15, 0.2) is 47.1 Å². The van der Waals surface area contributed by atoms with Gasteiger partial charge in [0.05, 0.1) is 0 Å². The van der Waals surface area contributed by atoms with Gasteiger partial charge in [0.2, 0.25) is 0 Å². The van der Waals surface area contributed by atoms with Gasteiger partial charge in [-0.15, -0.1) is 0 Å². The van der Waals surface area contributed by atoms with E-state index in [-0.39, 0.29) is 0 Å². The van der Waals surface area contributed by atoms with Crippen molar-refractivity contribution >= 4 is 0 Å². The zero-order chi connectivity index (χ0) is 15.2. The fourth-order valence-corrected chi connectivity index (χ4v) is 2.04. The molecule has 0 aliphatic rings. The topological polar surface area (TPSA) is 0 Å². The molecule has 0 heterocycles. The molecule has 0 atom stereocenters. The molecule has 0 radical (unpaired) electrons. The first-order chi connectivity index (χ1) is 9.60. The van der Waals surface area contributed by atoms with Crippen LogP contribution in [0.5, 0.6) is 0 Å². The summed E-state index contributed by atoms with van der Waals surface area (Å²) >= 11 is 0. The molecule has 114 valence electrons. The molecule has 0 nitrogen and oxygen atoms in total. The van der Waals surface area contributed by atoms with E-state index in [4.69, 9.17) is 0 Å². The van der Waals surface area contributed by atoms with Crippen molar-refractivity contribution < 1.29 is 0 Å². The molecule has 0 rings (SSSR count). The van der Waals surface area contributed by atoms with Crippen LogP contribution in [0.4, 0.5) is 0 Å². The minimum atomic E-state index is 1.15. The Morgan fingerprint density at radius 2 is 1.20 bits per heavy atom. The maximum absolute atomic E-state index is 2.41. The van der Waals surface area contributed by atoms with Crippen molar-refractivity contribution in [2.75, 3.05) is 0 Å². The third kappa shape index (κ3) is 12.0. The highest BCUT2D eigenvalue weighted by molar-refractivity contribution is 5.06. The molecule has 0 aliphatic heterocycles. The molecule has 0 saturated carbocycles. The molecule has 0 saturated heterocycles. The van der Waals surface area contributed by atoms with Gasteiger partial charge in [0, 0.05) is 0 Å². The predicted molar refractivity (Wildman–Crippen MR) is 94.1 cm³/mol. The first-order valence-corrected chi connectivity index (χ1v) is 8.18. The van der Waals surface area contributed by atoms with E-state index in [2.05, 4.69) is 65.0 Å². The van der Waals surface area contributed by atoms with Crippen LogP contribution in [0.1, 0.15) is 79.6 Å². The van der Waals surface area contributed by atoms with Crippen LogP contribution < -0.4 is 0 Å². The summed E-state index contributed by atoms with van der Waals surface area (Å²) in [5.41, 5.74) is 4.55. The second-order valence-corrected chi connectivity index (χ2v) is 5.73. The van der Waals surface area contributed by atoms with E-state index in [0.29, 0.717) is 0 Å². The van der Waals surface area contributed by atoms with E-state index in [9.17, 15) is 0 Å². The van der Waals surface area contributed by atoms with Crippen molar-refractivity contribution in [1.82, 2.24) is 0 Å². The smallest absolute Gasteiger partial charge is 0.0288 e. The quantitative estimate of drug-likeness (QED) is 0.371. The average molecular weight is 274 g/mol. The van der Waals surface area contributed by atoms with E-state index < -0.39 is 0 Å². The van der Waals surface area contributed by atoms with Crippen molar-refractivity contribution in [2.24, 2.45) is 0 Å². The predicted octanol–water partition coefficient (Wildman–Crippen LogP) is 7.15. The van der Waals surface area contributed by atoms with Crippen LogP contribution >= 0.6 is 0 Å². The summed E-state index contributed by atoms with van der Waals surface area (Å²) in [5, 5.41) is 0. The first kappa shape index (κ1) is 19.0. The number of allylic oxidation sites excluding steroid dienone is 8. The van der Waals surface area contributed by atoms with Gasteiger partial charge in [-0.2, -0.15) is 0 Å². The van der Waals surface area contributed by atoms with Gasteiger partial charge in [-0.25, -0.2) is 0 Å². The van der Waals surface area contributed by atoms with Gasteiger partial charge in [-0.1, -0.05) is 54.0 Å². The van der Waals surface area contributed by atoms with E-state index in [1.807, 2.05) is 0 Å². The third-order valence-electron chi connectivity index (χ3n) is 3.66. The molecule has 0 aromatic carbocycles. The Morgan fingerprint density at radius 3 is 1.70 bits per heavy atom. The van der Waals surface area contributed by atoms with Gasteiger partial charge in [0.15, 0.2) is 0 Å². The van der Waals surface area contributed by atoms with E-state index in [1.54, 1.807) is 0 Å². The van der Waals surface area contributed by atoms with Crippen molar-refractivity contribution in [2.45, 2.75) is 79.6 Å². The Hall–Kier alpha value is -1.04. The maximum Gasteiger partial charge on any atom is -0.0288 e. The summed E-state index contributed by atoms with van der Waals surface area (Å²) in [6.45, 7) is 11.0. The summed E-state index contributed by atoms with van der Waals surface area (Å²) in [4.78, 5) is 0. The molecule has 0 aromatic heterocycles. The normalized spacial score (nSPS) is 14.3. The van der Waals surface area contributed by atoms with Crippen LogP contribution in [-0.4, -0.2) is 0 Å². The zero-order valence-corrected chi connectivity index (χ0v) is 14.3. The highest BCUT2D eigenvalue weighted by atomic mass is 14.0. The summed E-state index contributed by atoms with van der Waals surface area (Å²) in [6, 6.07) is 0. The zero-order valence-electron chi connectivity index (χ0n) is 14.3. The second-order valence-electron chi connectivity index (χ2n) is 5.73. The summed E-state index contributed by atoms with van der Waals surface area (Å²) in [6.07, 6.45) is 19.9. The molecule has 0 aromatic rings. The molecule has 0 N–H and O–H groups in total. The summed E-state index contributed by atoms with van der Waals surface area (Å²) < 4.78 is 0. The van der Waals surface area contributed by atoms with Crippen LogP contribution in [0.3, 0.4) is 0 Å². The van der Waals surface area contributed by atoms with E-state index in [0.717, 1.165) is 6.42 Å². The Morgan fingerprint density at radius 1 is 0.700 bits per heavy atom. The lowest BCUT2D eigenvalue weighted by Crippen LogP contribution is -1.81. The third-order valence-corrected chi connectivity index (χ3v) is 3.66. The monoisotopic (exact) mass is 274 g/mol. The minimum absolute atomic E-state index is 1.15. The lowest BCUT2D eigenvalue weighted by molar-refractivity contribution is 0.900. The van der Waals surface area contributed by atoms with Crippen LogP contribution in [0, 0.1) is 0 Å². The molecule has 20 heavy (non-hydrogen) atoms. The second kappa shape index (κ2) is 13.0. The van der Waals surface area contributed by atoms with Gasteiger partial charge in [0.25, 0.3) is 0 Å². The lowest BCUT2D eigenvalue weighted by Gasteiger charge is -2.02. The average Bonchev–Trinajstić information content (AvgIpc) is 2.43. The van der Waals surface area contributed by atoms with Gasteiger partial charge >= 0.3 is 0 Å². The molecule has 0 amide bonds. The molecule has 0 unspecified atom stereocenters. The van der Waals surface area contributed by atoms with Gasteiger partial charge < -0.3 is 0 Å². The molecule has 0 spiro atoms. The van der Waals surface area contributed by atoms with Crippen LogP contribution in [0.2, 0.25) is 0 Å². The summed E-state index contributed by atoms with van der Waals surface area (Å²) in [7, 11) is 0. The van der Waals surface area contributed by atoms with E-state index >= 15 is 0 Å². The van der Waals surface area contributed by atoms with Crippen LogP contribution in [0.25, 0.3) is 0 Å². The highest BCUT2D eigenvalue weighted by Crippen LogP contribution is 2.12. The van der Waals surface area contributed by atoms with Crippen molar-refractivity contribution in [3.05, 3.63) is 47.1 Å². The maximum atomic E-state index is 2.41. The highest BCUT2D eigenvalue weighted by Gasteiger charge is 1.92. The standard InChI is InChI=1S/C20H34/c1-6-8-9-10-13-19(4)16-12-17-20(5)15-11-14-18(3)7-2/h7-9,15-16H,6,10-14,17H2,1-5H3/b9-8?,18-7+,19-16-,20-15-. The SMILES string of the molecule is C/C=C(\C)CC/C=C(/C)CC/C=C(/C)CCC=CCC. The fourth-order valence-electron chi connectivity index (χ4n) is 2.04. The molecular weight excluding hydrogens is 240 g/mol. The molecule has 0 fully saturated rings. The first-order valence-electron chi connectivity index (χ1n) is 8.18. The van der Waals surface area contributed by atoms with Crippen molar-refractivity contribution in [3.63, 3.8) is 0 Å². The number of rotatable bonds is 10. The Labute approximate surface area is 127 Å². The largest absolute Gasteiger partial charge is 0.0888 e. The van der Waals surface area contributed by atoms with Gasteiger partial charge in [-0.05, 0) is 72.6 Å². The number of hydrogen-bond acceptors (Lipinski definition) is 0. The van der Waals surface area contributed by atoms with Gasteiger partial charge in [0.1, 0.15) is 0 Å². The fraction of sp³-hybridized carbons (Fsp3) is 0.600. The van der Waals surface area contributed by atoms with Gasteiger partial charge in [-0.3, -0.25) is 0 Å². The van der Waals surface area contributed by atoms with Crippen molar-refractivity contribution in [3.8, 4) is 0 Å². The van der Waals surface area contributed by atoms with E-state index in [1.165, 1.54) is 55.2 Å². The Balaban J connectivity index is 3.85. The Bertz CT molecular complexity index is 350. The molecule has 0 heteroatoms. The number of hydrogen-bond donors (Lipinski definition) is 0. The summed E-state index contributed by atoms with van der Waals surface area (Å²) in [5.74, 6) is 0.